The Labute approximate surface area is 95.2 Å². The quantitative estimate of drug-likeness (QED) is 0.763. The van der Waals surface area contributed by atoms with E-state index in [9.17, 15) is 4.39 Å². The van der Waals surface area contributed by atoms with Gasteiger partial charge in [-0.25, -0.2) is 4.39 Å². The largest absolute Gasteiger partial charge is 0.384 e. The molecular formula is C12H16ClFO. The molecule has 0 amide bonds. The van der Waals surface area contributed by atoms with Crippen molar-refractivity contribution >= 4 is 11.6 Å². The maximum Gasteiger partial charge on any atom is 0.141 e. The molecule has 0 saturated heterocycles. The van der Waals surface area contributed by atoms with Crippen LogP contribution in [0.15, 0.2) is 18.2 Å². The second kappa shape index (κ2) is 5.47. The van der Waals surface area contributed by atoms with Gasteiger partial charge in [0.15, 0.2) is 0 Å². The second-order valence-corrected chi connectivity index (χ2v) is 4.39. The molecule has 1 aromatic rings. The molecule has 0 aliphatic rings. The van der Waals surface area contributed by atoms with Crippen molar-refractivity contribution in [2.24, 2.45) is 5.92 Å². The van der Waals surface area contributed by atoms with Crippen LogP contribution in [0.4, 0.5) is 4.39 Å². The van der Waals surface area contributed by atoms with E-state index in [-0.39, 0.29) is 16.8 Å². The Bertz CT molecular complexity index is 325. The summed E-state index contributed by atoms with van der Waals surface area (Å²) in [7, 11) is 1.67. The molecule has 3 heteroatoms. The lowest BCUT2D eigenvalue weighted by molar-refractivity contribution is 0.162. The van der Waals surface area contributed by atoms with Crippen LogP contribution >= 0.6 is 11.6 Å². The predicted molar refractivity (Wildman–Crippen MR) is 60.9 cm³/mol. The van der Waals surface area contributed by atoms with E-state index in [0.29, 0.717) is 12.5 Å². The average Bonchev–Trinajstić information content (AvgIpc) is 2.18. The Morgan fingerprint density at radius 1 is 1.40 bits per heavy atom. The second-order valence-electron chi connectivity index (χ2n) is 3.98. The Kier molecular flexibility index (Phi) is 4.55. The van der Waals surface area contributed by atoms with Gasteiger partial charge in [-0.15, -0.1) is 0 Å². The van der Waals surface area contributed by atoms with Crippen molar-refractivity contribution in [1.29, 1.82) is 0 Å². The molecule has 0 aromatic heterocycles. The predicted octanol–water partition coefficient (Wildman–Crippen LogP) is 3.87. The number of rotatable bonds is 4. The van der Waals surface area contributed by atoms with Gasteiger partial charge < -0.3 is 4.74 Å². The topological polar surface area (TPSA) is 9.23 Å². The van der Waals surface area contributed by atoms with Crippen molar-refractivity contribution in [3.63, 3.8) is 0 Å². The standard InChI is InChI=1S/C12H16ClFO/c1-8(2)10(7-15-3)9-4-5-12(14)11(13)6-9/h4-6,8,10H,7H2,1-3H3/t10-/m1/s1. The van der Waals surface area contributed by atoms with Gasteiger partial charge >= 0.3 is 0 Å². The van der Waals surface area contributed by atoms with Gasteiger partial charge in [-0.1, -0.05) is 31.5 Å². The first-order valence-corrected chi connectivity index (χ1v) is 5.38. The third-order valence-corrected chi connectivity index (χ3v) is 2.81. The average molecular weight is 231 g/mol. The van der Waals surface area contributed by atoms with Crippen LogP contribution in [-0.4, -0.2) is 13.7 Å². The molecule has 0 radical (unpaired) electrons. The molecule has 1 aromatic carbocycles. The van der Waals surface area contributed by atoms with Crippen LogP contribution in [0.2, 0.25) is 5.02 Å². The maximum absolute atomic E-state index is 13.0. The fourth-order valence-corrected chi connectivity index (χ4v) is 1.79. The molecule has 15 heavy (non-hydrogen) atoms. The summed E-state index contributed by atoms with van der Waals surface area (Å²) in [5.41, 5.74) is 1.03. The molecule has 0 saturated carbocycles. The van der Waals surface area contributed by atoms with Crippen molar-refractivity contribution < 1.29 is 9.13 Å². The minimum absolute atomic E-state index is 0.175. The van der Waals surface area contributed by atoms with Crippen LogP contribution in [0.3, 0.4) is 0 Å². The molecule has 0 heterocycles. The summed E-state index contributed by atoms with van der Waals surface area (Å²) < 4.78 is 18.1. The van der Waals surface area contributed by atoms with Crippen molar-refractivity contribution in [3.05, 3.63) is 34.6 Å². The van der Waals surface area contributed by atoms with Crippen LogP contribution in [-0.2, 0) is 4.74 Å². The Morgan fingerprint density at radius 3 is 2.53 bits per heavy atom. The molecular weight excluding hydrogens is 215 g/mol. The van der Waals surface area contributed by atoms with E-state index >= 15 is 0 Å². The van der Waals surface area contributed by atoms with Crippen molar-refractivity contribution in [1.82, 2.24) is 0 Å². The summed E-state index contributed by atoms with van der Waals surface area (Å²) in [6, 6.07) is 4.86. The molecule has 0 unspecified atom stereocenters. The number of methoxy groups -OCH3 is 1. The zero-order chi connectivity index (χ0) is 11.4. The monoisotopic (exact) mass is 230 g/mol. The minimum atomic E-state index is -0.375. The SMILES string of the molecule is COC[C@@H](c1ccc(F)c(Cl)c1)C(C)C. The van der Waals surface area contributed by atoms with E-state index in [1.54, 1.807) is 19.2 Å². The molecule has 84 valence electrons. The zero-order valence-electron chi connectivity index (χ0n) is 9.26. The van der Waals surface area contributed by atoms with Crippen LogP contribution in [0.5, 0.6) is 0 Å². The smallest absolute Gasteiger partial charge is 0.141 e. The van der Waals surface area contributed by atoms with Gasteiger partial charge in [0, 0.05) is 13.0 Å². The van der Waals surface area contributed by atoms with Crippen LogP contribution in [0.25, 0.3) is 0 Å². The van der Waals surface area contributed by atoms with E-state index in [2.05, 4.69) is 13.8 Å². The molecule has 1 nitrogen and oxygen atoms in total. The third kappa shape index (κ3) is 3.18. The zero-order valence-corrected chi connectivity index (χ0v) is 10.0. The number of benzene rings is 1. The first kappa shape index (κ1) is 12.5. The number of ether oxygens (including phenoxy) is 1. The van der Waals surface area contributed by atoms with Gasteiger partial charge in [0.2, 0.25) is 0 Å². The molecule has 0 fully saturated rings. The molecule has 1 rings (SSSR count). The maximum atomic E-state index is 13.0. The summed E-state index contributed by atoms with van der Waals surface area (Å²) in [5, 5.41) is 0.175. The summed E-state index contributed by atoms with van der Waals surface area (Å²) in [6.45, 7) is 4.85. The van der Waals surface area contributed by atoms with Gasteiger partial charge in [-0.05, 0) is 23.6 Å². The summed E-state index contributed by atoms with van der Waals surface area (Å²) in [5.74, 6) is 0.319. The lowest BCUT2D eigenvalue weighted by atomic mass is 9.89. The Hall–Kier alpha value is -0.600. The lowest BCUT2D eigenvalue weighted by Gasteiger charge is -2.20. The van der Waals surface area contributed by atoms with Gasteiger partial charge in [0.1, 0.15) is 5.82 Å². The fraction of sp³-hybridized carbons (Fsp3) is 0.500. The number of halogens is 2. The Morgan fingerprint density at radius 2 is 2.07 bits per heavy atom. The summed E-state index contributed by atoms with van der Waals surface area (Å²) in [6.07, 6.45) is 0. The minimum Gasteiger partial charge on any atom is -0.384 e. The highest BCUT2D eigenvalue weighted by atomic mass is 35.5. The van der Waals surface area contributed by atoms with Gasteiger partial charge in [0.25, 0.3) is 0 Å². The molecule has 0 N–H and O–H groups in total. The van der Waals surface area contributed by atoms with Gasteiger partial charge in [-0.3, -0.25) is 0 Å². The molecule has 0 aliphatic heterocycles. The van der Waals surface area contributed by atoms with Crippen LogP contribution in [0, 0.1) is 11.7 Å². The van der Waals surface area contributed by atoms with Crippen LogP contribution in [0.1, 0.15) is 25.3 Å². The highest BCUT2D eigenvalue weighted by Crippen LogP contribution is 2.27. The van der Waals surface area contributed by atoms with E-state index in [1.807, 2.05) is 0 Å². The third-order valence-electron chi connectivity index (χ3n) is 2.52. The molecule has 0 aliphatic carbocycles. The normalized spacial score (nSPS) is 13.2. The van der Waals surface area contributed by atoms with Crippen molar-refractivity contribution in [2.75, 3.05) is 13.7 Å². The van der Waals surface area contributed by atoms with E-state index in [1.165, 1.54) is 6.07 Å². The van der Waals surface area contributed by atoms with E-state index in [4.69, 9.17) is 16.3 Å². The Balaban J connectivity index is 2.95. The molecule has 0 bridgehead atoms. The summed E-state index contributed by atoms with van der Waals surface area (Å²) >= 11 is 5.75. The van der Waals surface area contributed by atoms with Gasteiger partial charge in [0.05, 0.1) is 11.6 Å². The van der Waals surface area contributed by atoms with Crippen LogP contribution < -0.4 is 0 Å². The number of hydrogen-bond donors (Lipinski definition) is 0. The lowest BCUT2D eigenvalue weighted by Crippen LogP contribution is -2.13. The highest BCUT2D eigenvalue weighted by molar-refractivity contribution is 6.30. The van der Waals surface area contributed by atoms with Crippen molar-refractivity contribution in [2.45, 2.75) is 19.8 Å². The van der Waals surface area contributed by atoms with E-state index < -0.39 is 0 Å². The van der Waals surface area contributed by atoms with Crippen molar-refractivity contribution in [3.8, 4) is 0 Å². The molecule has 1 atom stereocenters. The summed E-state index contributed by atoms with van der Waals surface area (Å²) in [4.78, 5) is 0. The first-order chi connectivity index (χ1) is 7.06. The van der Waals surface area contributed by atoms with E-state index in [0.717, 1.165) is 5.56 Å². The number of hydrogen-bond acceptors (Lipinski definition) is 1. The van der Waals surface area contributed by atoms with Gasteiger partial charge in [-0.2, -0.15) is 0 Å². The highest BCUT2D eigenvalue weighted by Gasteiger charge is 2.16. The molecule has 0 spiro atoms. The first-order valence-electron chi connectivity index (χ1n) is 5.00. The fourth-order valence-electron chi connectivity index (χ4n) is 1.60.